The van der Waals surface area contributed by atoms with E-state index in [1.165, 1.54) is 6.07 Å². The minimum Gasteiger partial charge on any atom is -0.369 e. The molecule has 1 fully saturated rings. The Morgan fingerprint density at radius 2 is 2.28 bits per heavy atom. The molecule has 1 heterocycles. The lowest BCUT2D eigenvalue weighted by atomic mass is 9.97. The summed E-state index contributed by atoms with van der Waals surface area (Å²) < 4.78 is 13.8. The van der Waals surface area contributed by atoms with Gasteiger partial charge in [-0.1, -0.05) is 6.92 Å². The number of nitrogens with zero attached hydrogens (tertiary/aromatic N) is 1. The SMILES string of the molecule is CCNC1CCN(c2ccc(F)c(Br)c2)C(C)C1. The van der Waals surface area contributed by atoms with Crippen LogP contribution in [0.3, 0.4) is 0 Å². The maximum absolute atomic E-state index is 13.3. The summed E-state index contributed by atoms with van der Waals surface area (Å²) in [5, 5.41) is 3.51. The van der Waals surface area contributed by atoms with Crippen LogP contribution in [0.5, 0.6) is 0 Å². The van der Waals surface area contributed by atoms with Crippen molar-refractivity contribution < 1.29 is 4.39 Å². The molecular formula is C14H20BrFN2. The van der Waals surface area contributed by atoms with Gasteiger partial charge in [-0.25, -0.2) is 4.39 Å². The summed E-state index contributed by atoms with van der Waals surface area (Å²) in [7, 11) is 0. The van der Waals surface area contributed by atoms with E-state index in [4.69, 9.17) is 0 Å². The molecule has 0 spiro atoms. The van der Waals surface area contributed by atoms with E-state index < -0.39 is 0 Å². The van der Waals surface area contributed by atoms with Gasteiger partial charge in [-0.15, -0.1) is 0 Å². The zero-order valence-corrected chi connectivity index (χ0v) is 12.5. The highest BCUT2D eigenvalue weighted by Gasteiger charge is 2.25. The molecule has 2 atom stereocenters. The van der Waals surface area contributed by atoms with Gasteiger partial charge in [-0.3, -0.25) is 0 Å². The number of anilines is 1. The Morgan fingerprint density at radius 3 is 2.89 bits per heavy atom. The number of piperidine rings is 1. The summed E-state index contributed by atoms with van der Waals surface area (Å²) in [5.74, 6) is -0.200. The Kier molecular flexibility index (Phi) is 4.62. The molecule has 100 valence electrons. The van der Waals surface area contributed by atoms with Crippen LogP contribution in [0.2, 0.25) is 0 Å². The van der Waals surface area contributed by atoms with Crippen molar-refractivity contribution in [2.75, 3.05) is 18.0 Å². The molecule has 1 N–H and O–H groups in total. The van der Waals surface area contributed by atoms with Gasteiger partial charge in [0.25, 0.3) is 0 Å². The van der Waals surface area contributed by atoms with Gasteiger partial charge in [0.2, 0.25) is 0 Å². The fourth-order valence-corrected chi connectivity index (χ4v) is 3.06. The van der Waals surface area contributed by atoms with E-state index in [2.05, 4.69) is 40.0 Å². The number of benzene rings is 1. The normalized spacial score (nSPS) is 24.3. The van der Waals surface area contributed by atoms with Gasteiger partial charge in [-0.2, -0.15) is 0 Å². The largest absolute Gasteiger partial charge is 0.369 e. The fraction of sp³-hybridized carbons (Fsp3) is 0.571. The van der Waals surface area contributed by atoms with E-state index in [1.54, 1.807) is 0 Å². The maximum Gasteiger partial charge on any atom is 0.137 e. The molecule has 0 radical (unpaired) electrons. The predicted molar refractivity (Wildman–Crippen MR) is 77.6 cm³/mol. The Hall–Kier alpha value is -0.610. The minimum absolute atomic E-state index is 0.200. The molecule has 0 aromatic heterocycles. The summed E-state index contributed by atoms with van der Waals surface area (Å²) >= 11 is 3.26. The second-order valence-electron chi connectivity index (χ2n) is 4.92. The molecule has 2 rings (SSSR count). The standard InChI is InChI=1S/C14H20BrFN2/c1-3-17-11-6-7-18(10(2)8-11)12-4-5-14(16)13(15)9-12/h4-5,9-11,17H,3,6-8H2,1-2H3. The van der Waals surface area contributed by atoms with E-state index in [0.29, 0.717) is 16.6 Å². The summed E-state index contributed by atoms with van der Waals surface area (Å²) in [4.78, 5) is 2.36. The monoisotopic (exact) mass is 314 g/mol. The lowest BCUT2D eigenvalue weighted by Gasteiger charge is -2.39. The molecule has 2 nitrogen and oxygen atoms in total. The first kappa shape index (κ1) is 13.8. The first-order chi connectivity index (χ1) is 8.61. The molecule has 1 aromatic rings. The van der Waals surface area contributed by atoms with Gasteiger partial charge in [-0.05, 0) is 60.4 Å². The number of hydrogen-bond donors (Lipinski definition) is 1. The van der Waals surface area contributed by atoms with Crippen LogP contribution in [0.25, 0.3) is 0 Å². The van der Waals surface area contributed by atoms with Gasteiger partial charge in [0.15, 0.2) is 0 Å². The van der Waals surface area contributed by atoms with Crippen LogP contribution in [0.4, 0.5) is 10.1 Å². The highest BCUT2D eigenvalue weighted by atomic mass is 79.9. The van der Waals surface area contributed by atoms with Crippen LogP contribution in [0.15, 0.2) is 22.7 Å². The van der Waals surface area contributed by atoms with Gasteiger partial charge in [0.1, 0.15) is 5.82 Å². The lowest BCUT2D eigenvalue weighted by molar-refractivity contribution is 0.374. The molecule has 1 aliphatic rings. The molecule has 0 aliphatic carbocycles. The second-order valence-corrected chi connectivity index (χ2v) is 5.77. The minimum atomic E-state index is -0.200. The van der Waals surface area contributed by atoms with Crippen molar-refractivity contribution in [1.29, 1.82) is 0 Å². The number of nitrogens with one attached hydrogen (secondary N) is 1. The Morgan fingerprint density at radius 1 is 1.50 bits per heavy atom. The van der Waals surface area contributed by atoms with Crippen LogP contribution in [-0.4, -0.2) is 25.2 Å². The third-order valence-corrected chi connectivity index (χ3v) is 4.21. The topological polar surface area (TPSA) is 15.3 Å². The van der Waals surface area contributed by atoms with Gasteiger partial charge >= 0.3 is 0 Å². The van der Waals surface area contributed by atoms with Crippen LogP contribution >= 0.6 is 15.9 Å². The zero-order valence-electron chi connectivity index (χ0n) is 10.9. The van der Waals surface area contributed by atoms with Crippen LogP contribution in [0.1, 0.15) is 26.7 Å². The molecule has 18 heavy (non-hydrogen) atoms. The Balaban J connectivity index is 2.08. The lowest BCUT2D eigenvalue weighted by Crippen LogP contribution is -2.47. The van der Waals surface area contributed by atoms with Gasteiger partial charge < -0.3 is 10.2 Å². The average Bonchev–Trinajstić information content (AvgIpc) is 2.34. The van der Waals surface area contributed by atoms with Crippen molar-refractivity contribution in [2.24, 2.45) is 0 Å². The molecule has 1 aromatic carbocycles. The van der Waals surface area contributed by atoms with E-state index in [1.807, 2.05) is 12.1 Å². The first-order valence-electron chi connectivity index (χ1n) is 6.57. The highest BCUT2D eigenvalue weighted by Crippen LogP contribution is 2.28. The number of rotatable bonds is 3. The van der Waals surface area contributed by atoms with Crippen LogP contribution < -0.4 is 10.2 Å². The number of hydrogen-bond acceptors (Lipinski definition) is 2. The molecular weight excluding hydrogens is 295 g/mol. The van der Waals surface area contributed by atoms with E-state index >= 15 is 0 Å². The molecule has 4 heteroatoms. The maximum atomic E-state index is 13.3. The van der Waals surface area contributed by atoms with Crippen molar-refractivity contribution in [2.45, 2.75) is 38.8 Å². The molecule has 1 aliphatic heterocycles. The van der Waals surface area contributed by atoms with Gasteiger partial charge in [0, 0.05) is 24.3 Å². The first-order valence-corrected chi connectivity index (χ1v) is 7.36. The quantitative estimate of drug-likeness (QED) is 0.917. The zero-order chi connectivity index (χ0) is 13.1. The second kappa shape index (κ2) is 6.02. The van der Waals surface area contributed by atoms with E-state index in [0.717, 1.165) is 31.6 Å². The summed E-state index contributed by atoms with van der Waals surface area (Å²) in [6.07, 6.45) is 2.29. The highest BCUT2D eigenvalue weighted by molar-refractivity contribution is 9.10. The van der Waals surface area contributed by atoms with E-state index in [9.17, 15) is 4.39 Å². The predicted octanol–water partition coefficient (Wildman–Crippen LogP) is 3.56. The fourth-order valence-electron chi connectivity index (χ4n) is 2.69. The van der Waals surface area contributed by atoms with Crippen molar-refractivity contribution >= 4 is 21.6 Å². The average molecular weight is 315 g/mol. The smallest absolute Gasteiger partial charge is 0.137 e. The summed E-state index contributed by atoms with van der Waals surface area (Å²) in [6, 6.07) is 6.37. The molecule has 0 amide bonds. The Labute approximate surface area is 117 Å². The molecule has 1 saturated heterocycles. The van der Waals surface area contributed by atoms with Crippen LogP contribution in [-0.2, 0) is 0 Å². The van der Waals surface area contributed by atoms with Crippen LogP contribution in [0, 0.1) is 5.82 Å². The van der Waals surface area contributed by atoms with E-state index in [-0.39, 0.29) is 5.82 Å². The third-order valence-electron chi connectivity index (χ3n) is 3.60. The van der Waals surface area contributed by atoms with Crippen molar-refractivity contribution in [1.82, 2.24) is 5.32 Å². The molecule has 2 unspecified atom stereocenters. The van der Waals surface area contributed by atoms with Crippen molar-refractivity contribution in [3.63, 3.8) is 0 Å². The molecule has 0 bridgehead atoms. The summed E-state index contributed by atoms with van der Waals surface area (Å²) in [6.45, 7) is 6.44. The Bertz CT molecular complexity index is 411. The number of halogens is 2. The van der Waals surface area contributed by atoms with Crippen molar-refractivity contribution in [3.05, 3.63) is 28.5 Å². The summed E-state index contributed by atoms with van der Waals surface area (Å²) in [5.41, 5.74) is 1.10. The third kappa shape index (κ3) is 3.04. The van der Waals surface area contributed by atoms with Crippen molar-refractivity contribution in [3.8, 4) is 0 Å². The molecule has 0 saturated carbocycles. The van der Waals surface area contributed by atoms with Gasteiger partial charge in [0.05, 0.1) is 4.47 Å².